The molecule has 0 aliphatic carbocycles. The number of benzene rings is 4. The van der Waals surface area contributed by atoms with Gasteiger partial charge in [-0.1, -0.05) is 72.8 Å². The van der Waals surface area contributed by atoms with E-state index in [1.807, 2.05) is 0 Å². The first kappa shape index (κ1) is 21.7. The number of hydrogen-bond acceptors (Lipinski definition) is 2. The summed E-state index contributed by atoms with van der Waals surface area (Å²) in [7, 11) is 0. The van der Waals surface area contributed by atoms with Crippen LogP contribution in [0.5, 0.6) is 0 Å². The highest BCUT2D eigenvalue weighted by Crippen LogP contribution is 2.50. The number of halogens is 4. The summed E-state index contributed by atoms with van der Waals surface area (Å²) in [6.45, 7) is 0. The van der Waals surface area contributed by atoms with Crippen LogP contribution in [-0.4, -0.2) is 10.2 Å². The summed E-state index contributed by atoms with van der Waals surface area (Å²) >= 11 is 0. The molecular formula is C26H18F4O2. The van der Waals surface area contributed by atoms with Crippen LogP contribution in [0.4, 0.5) is 17.6 Å². The molecule has 0 aliphatic rings. The van der Waals surface area contributed by atoms with Crippen LogP contribution in [-0.2, 0) is 11.2 Å². The Balaban J connectivity index is 2.12. The highest BCUT2D eigenvalue weighted by molar-refractivity contribution is 5.50. The molecule has 6 heteroatoms. The molecule has 2 N–H and O–H groups in total. The van der Waals surface area contributed by atoms with Crippen LogP contribution in [0.15, 0.2) is 97.1 Å². The summed E-state index contributed by atoms with van der Waals surface area (Å²) in [6, 6.07) is 21.2. The third-order valence-electron chi connectivity index (χ3n) is 5.58. The summed E-state index contributed by atoms with van der Waals surface area (Å²) in [4.78, 5) is 0. The average Bonchev–Trinajstić information content (AvgIpc) is 2.82. The zero-order valence-corrected chi connectivity index (χ0v) is 16.6. The predicted octanol–water partition coefficient (Wildman–Crippen LogP) is 5.42. The van der Waals surface area contributed by atoms with Gasteiger partial charge in [0.25, 0.3) is 0 Å². The minimum atomic E-state index is -2.42. The van der Waals surface area contributed by atoms with E-state index in [1.54, 1.807) is 36.4 Å². The molecule has 0 aliphatic heterocycles. The smallest absolute Gasteiger partial charge is 0.159 e. The topological polar surface area (TPSA) is 40.5 Å². The number of hydrogen-bond donors (Lipinski definition) is 2. The van der Waals surface area contributed by atoms with Crippen molar-refractivity contribution in [2.75, 3.05) is 0 Å². The van der Waals surface area contributed by atoms with Crippen molar-refractivity contribution in [3.8, 4) is 0 Å². The van der Waals surface area contributed by atoms with Crippen LogP contribution in [0, 0.1) is 23.3 Å². The van der Waals surface area contributed by atoms with E-state index in [4.69, 9.17) is 0 Å². The molecule has 0 spiro atoms. The molecule has 2 atom stereocenters. The molecule has 0 aromatic heterocycles. The second kappa shape index (κ2) is 8.22. The maximum absolute atomic E-state index is 14.3. The van der Waals surface area contributed by atoms with E-state index >= 15 is 0 Å². The second-order valence-electron chi connectivity index (χ2n) is 7.41. The monoisotopic (exact) mass is 438 g/mol. The van der Waals surface area contributed by atoms with Gasteiger partial charge in [-0.3, -0.25) is 0 Å². The molecule has 0 amide bonds. The van der Waals surface area contributed by atoms with Crippen molar-refractivity contribution >= 4 is 0 Å². The average molecular weight is 438 g/mol. The molecule has 0 saturated heterocycles. The van der Waals surface area contributed by atoms with E-state index in [9.17, 15) is 27.8 Å². The fourth-order valence-electron chi connectivity index (χ4n) is 3.97. The molecule has 162 valence electrons. The van der Waals surface area contributed by atoms with Gasteiger partial charge in [0.15, 0.2) is 34.5 Å². The fourth-order valence-corrected chi connectivity index (χ4v) is 3.97. The SMILES string of the molecule is OC(c1ccccc1)(c1ccc(F)c(F)c1)C(O)(c1ccccc1)c1ccc(F)c(F)c1. The van der Waals surface area contributed by atoms with Crippen LogP contribution < -0.4 is 0 Å². The van der Waals surface area contributed by atoms with Gasteiger partial charge in [0.05, 0.1) is 0 Å². The van der Waals surface area contributed by atoms with Crippen LogP contribution in [0.3, 0.4) is 0 Å². The molecule has 0 radical (unpaired) electrons. The zero-order chi connectivity index (χ0) is 22.9. The Labute approximate surface area is 182 Å². The van der Waals surface area contributed by atoms with Gasteiger partial charge >= 0.3 is 0 Å². The molecule has 2 unspecified atom stereocenters. The lowest BCUT2D eigenvalue weighted by Crippen LogP contribution is -2.51. The molecule has 4 aromatic rings. The van der Waals surface area contributed by atoms with Gasteiger partial charge in [-0.15, -0.1) is 0 Å². The Kier molecular flexibility index (Phi) is 5.59. The summed E-state index contributed by atoms with van der Waals surface area (Å²) in [5.74, 6) is -4.75. The first-order valence-electron chi connectivity index (χ1n) is 9.75. The highest BCUT2D eigenvalue weighted by atomic mass is 19.2. The van der Waals surface area contributed by atoms with Crippen LogP contribution >= 0.6 is 0 Å². The van der Waals surface area contributed by atoms with E-state index in [-0.39, 0.29) is 22.3 Å². The standard InChI is InChI=1S/C26H18F4O2/c27-21-13-11-19(15-23(21)29)25(31,17-7-3-1-4-8-17)26(32,18-9-5-2-6-10-18)20-12-14-22(28)24(30)16-20/h1-16,31-32H. The van der Waals surface area contributed by atoms with Gasteiger partial charge in [-0.25, -0.2) is 17.6 Å². The first-order chi connectivity index (χ1) is 15.3. The molecule has 4 aromatic carbocycles. The van der Waals surface area contributed by atoms with Crippen molar-refractivity contribution in [3.05, 3.63) is 143 Å². The Hall–Kier alpha value is -3.48. The first-order valence-corrected chi connectivity index (χ1v) is 9.75. The van der Waals surface area contributed by atoms with E-state index in [0.717, 1.165) is 36.4 Å². The van der Waals surface area contributed by atoms with Gasteiger partial charge in [0.2, 0.25) is 0 Å². The maximum Gasteiger partial charge on any atom is 0.159 e. The van der Waals surface area contributed by atoms with Crippen molar-refractivity contribution < 1.29 is 27.8 Å². The Bertz CT molecular complexity index is 1150. The van der Waals surface area contributed by atoms with Crippen molar-refractivity contribution in [2.24, 2.45) is 0 Å². The Morgan fingerprint density at radius 2 is 0.750 bits per heavy atom. The third kappa shape index (κ3) is 3.38. The van der Waals surface area contributed by atoms with Gasteiger partial charge < -0.3 is 10.2 Å². The fraction of sp³-hybridized carbons (Fsp3) is 0.0769. The van der Waals surface area contributed by atoms with Gasteiger partial charge in [0.1, 0.15) is 0 Å². The molecule has 0 heterocycles. The number of rotatable bonds is 5. The van der Waals surface area contributed by atoms with Crippen molar-refractivity contribution in [2.45, 2.75) is 11.2 Å². The van der Waals surface area contributed by atoms with E-state index < -0.39 is 34.5 Å². The molecule has 32 heavy (non-hydrogen) atoms. The highest BCUT2D eigenvalue weighted by Gasteiger charge is 2.54. The summed E-state index contributed by atoms with van der Waals surface area (Å²) in [5, 5.41) is 24.4. The number of aliphatic hydroxyl groups is 2. The second-order valence-corrected chi connectivity index (χ2v) is 7.41. The third-order valence-corrected chi connectivity index (χ3v) is 5.58. The molecule has 2 nitrogen and oxygen atoms in total. The lowest BCUT2D eigenvalue weighted by atomic mass is 9.66. The van der Waals surface area contributed by atoms with Crippen molar-refractivity contribution in [1.82, 2.24) is 0 Å². The molecule has 4 rings (SSSR count). The van der Waals surface area contributed by atoms with Crippen molar-refractivity contribution in [3.63, 3.8) is 0 Å². The Morgan fingerprint density at radius 3 is 1.06 bits per heavy atom. The van der Waals surface area contributed by atoms with Crippen LogP contribution in [0.2, 0.25) is 0 Å². The summed E-state index contributed by atoms with van der Waals surface area (Å²) < 4.78 is 56.0. The van der Waals surface area contributed by atoms with Gasteiger partial charge in [-0.2, -0.15) is 0 Å². The quantitative estimate of drug-likeness (QED) is 0.409. The molecule has 0 saturated carbocycles. The summed E-state index contributed by atoms with van der Waals surface area (Å²) in [6.07, 6.45) is 0. The van der Waals surface area contributed by atoms with Crippen molar-refractivity contribution in [1.29, 1.82) is 0 Å². The zero-order valence-electron chi connectivity index (χ0n) is 16.6. The normalized spacial score (nSPS) is 15.1. The summed E-state index contributed by atoms with van der Waals surface area (Å²) in [5.41, 5.74) is -4.95. The lowest BCUT2D eigenvalue weighted by molar-refractivity contribution is -0.113. The molecule has 0 fully saturated rings. The molecular weight excluding hydrogens is 420 g/mol. The minimum Gasteiger partial charge on any atom is -0.377 e. The maximum atomic E-state index is 14.3. The van der Waals surface area contributed by atoms with E-state index in [1.165, 1.54) is 24.3 Å². The predicted molar refractivity (Wildman–Crippen MR) is 112 cm³/mol. The molecule has 0 bridgehead atoms. The van der Waals surface area contributed by atoms with Crippen LogP contribution in [0.1, 0.15) is 22.3 Å². The Morgan fingerprint density at radius 1 is 0.406 bits per heavy atom. The van der Waals surface area contributed by atoms with Crippen LogP contribution in [0.25, 0.3) is 0 Å². The largest absolute Gasteiger partial charge is 0.377 e. The van der Waals surface area contributed by atoms with Gasteiger partial charge in [0, 0.05) is 0 Å². The van der Waals surface area contributed by atoms with Gasteiger partial charge in [-0.05, 0) is 46.5 Å². The lowest BCUT2D eigenvalue weighted by Gasteiger charge is -2.45. The minimum absolute atomic E-state index is 0.127. The van der Waals surface area contributed by atoms with E-state index in [0.29, 0.717) is 0 Å². The van der Waals surface area contributed by atoms with E-state index in [2.05, 4.69) is 0 Å².